The standard InChI is InChI=1S/C25H30N8O/c26-23-21-24(29-17-28-23)33(25(27)30-21)16-20(34)15-31-11-13-32(14-12-31)22(18-7-3-1-4-8-18)19-9-5-2-6-10-19/h1-10,17,20,22,34H,11-16H2,(H2,27,30)(H2,26,28,29). The molecule has 1 atom stereocenters. The number of β-amino-alcohol motifs (C(OH)–C–C–N with tert-alkyl or cyclic N) is 1. The van der Waals surface area contributed by atoms with Gasteiger partial charge in [0.1, 0.15) is 6.33 Å². The van der Waals surface area contributed by atoms with E-state index in [-0.39, 0.29) is 17.8 Å². The highest BCUT2D eigenvalue weighted by atomic mass is 16.3. The number of aliphatic hydroxyl groups is 1. The fourth-order valence-corrected chi connectivity index (χ4v) is 4.81. The van der Waals surface area contributed by atoms with Gasteiger partial charge in [0.05, 0.1) is 18.7 Å². The Hall–Kier alpha value is -3.53. The van der Waals surface area contributed by atoms with Crippen molar-refractivity contribution in [3.05, 3.63) is 78.1 Å². The molecule has 5 N–H and O–H groups in total. The maximum atomic E-state index is 10.8. The second-order valence-corrected chi connectivity index (χ2v) is 8.73. The first-order chi connectivity index (χ1) is 16.6. The highest BCUT2D eigenvalue weighted by Gasteiger charge is 2.27. The quantitative estimate of drug-likeness (QED) is 0.383. The van der Waals surface area contributed by atoms with Gasteiger partial charge < -0.3 is 16.6 Å². The zero-order valence-corrected chi connectivity index (χ0v) is 19.0. The maximum Gasteiger partial charge on any atom is 0.202 e. The molecule has 0 radical (unpaired) electrons. The van der Waals surface area contributed by atoms with Gasteiger partial charge in [0.25, 0.3) is 0 Å². The monoisotopic (exact) mass is 458 g/mol. The molecule has 0 amide bonds. The number of fused-ring (bicyclic) bond motifs is 1. The molecule has 1 aliphatic rings. The van der Waals surface area contributed by atoms with E-state index in [1.54, 1.807) is 4.57 Å². The van der Waals surface area contributed by atoms with Crippen LogP contribution >= 0.6 is 0 Å². The van der Waals surface area contributed by atoms with Gasteiger partial charge >= 0.3 is 0 Å². The number of nitrogen functional groups attached to an aromatic ring is 2. The number of aromatic nitrogens is 4. The van der Waals surface area contributed by atoms with Crippen LogP contribution in [-0.2, 0) is 6.54 Å². The lowest BCUT2D eigenvalue weighted by Crippen LogP contribution is -2.50. The molecule has 176 valence electrons. The van der Waals surface area contributed by atoms with Gasteiger partial charge in [-0.15, -0.1) is 0 Å². The van der Waals surface area contributed by atoms with E-state index in [0.29, 0.717) is 24.3 Å². The molecule has 3 heterocycles. The number of piperazine rings is 1. The van der Waals surface area contributed by atoms with Gasteiger partial charge in [0.2, 0.25) is 5.95 Å². The van der Waals surface area contributed by atoms with Gasteiger partial charge in [0, 0.05) is 32.7 Å². The summed E-state index contributed by atoms with van der Waals surface area (Å²) in [6, 6.07) is 21.5. The van der Waals surface area contributed by atoms with Gasteiger partial charge in [0.15, 0.2) is 17.0 Å². The highest BCUT2D eigenvalue weighted by Crippen LogP contribution is 2.29. The molecule has 5 rings (SSSR count). The van der Waals surface area contributed by atoms with Crippen LogP contribution in [0, 0.1) is 0 Å². The number of aliphatic hydroxyl groups excluding tert-OH is 1. The van der Waals surface area contributed by atoms with Crippen LogP contribution in [0.15, 0.2) is 67.0 Å². The topological polar surface area (TPSA) is 122 Å². The van der Waals surface area contributed by atoms with Crippen molar-refractivity contribution in [3.8, 4) is 0 Å². The van der Waals surface area contributed by atoms with Gasteiger partial charge in [-0.2, -0.15) is 0 Å². The zero-order valence-electron chi connectivity index (χ0n) is 19.0. The van der Waals surface area contributed by atoms with Crippen molar-refractivity contribution in [2.24, 2.45) is 0 Å². The molecule has 34 heavy (non-hydrogen) atoms. The van der Waals surface area contributed by atoms with Crippen LogP contribution in [0.25, 0.3) is 11.2 Å². The Bertz CT molecular complexity index is 1180. The van der Waals surface area contributed by atoms with Crippen LogP contribution in [0.1, 0.15) is 17.2 Å². The fraction of sp³-hybridized carbons (Fsp3) is 0.320. The van der Waals surface area contributed by atoms with Crippen molar-refractivity contribution in [1.29, 1.82) is 0 Å². The largest absolute Gasteiger partial charge is 0.390 e. The number of nitrogens with zero attached hydrogens (tertiary/aromatic N) is 6. The molecule has 1 aliphatic heterocycles. The summed E-state index contributed by atoms with van der Waals surface area (Å²) in [4.78, 5) is 17.3. The number of benzene rings is 2. The Kier molecular flexibility index (Phi) is 6.39. The normalized spacial score (nSPS) is 16.3. The summed E-state index contributed by atoms with van der Waals surface area (Å²) in [7, 11) is 0. The third kappa shape index (κ3) is 4.58. The summed E-state index contributed by atoms with van der Waals surface area (Å²) in [5.74, 6) is 0.562. The van der Waals surface area contributed by atoms with E-state index >= 15 is 0 Å². The van der Waals surface area contributed by atoms with Crippen molar-refractivity contribution >= 4 is 22.9 Å². The molecule has 0 aliphatic carbocycles. The second-order valence-electron chi connectivity index (χ2n) is 8.73. The van der Waals surface area contributed by atoms with E-state index in [9.17, 15) is 5.11 Å². The molecule has 9 nitrogen and oxygen atoms in total. The average molecular weight is 459 g/mol. The molecule has 1 saturated heterocycles. The zero-order chi connectivity index (χ0) is 23.5. The molecule has 0 saturated carbocycles. The van der Waals surface area contributed by atoms with Gasteiger partial charge in [-0.25, -0.2) is 15.0 Å². The summed E-state index contributed by atoms with van der Waals surface area (Å²) in [6.45, 7) is 4.44. The Morgan fingerprint density at radius 2 is 1.44 bits per heavy atom. The van der Waals surface area contributed by atoms with Crippen LogP contribution in [0.2, 0.25) is 0 Å². The van der Waals surface area contributed by atoms with Crippen LogP contribution in [-0.4, -0.2) is 73.3 Å². The first-order valence-corrected chi connectivity index (χ1v) is 11.6. The molecule has 1 fully saturated rings. The van der Waals surface area contributed by atoms with Crippen LogP contribution < -0.4 is 11.5 Å². The lowest BCUT2D eigenvalue weighted by Gasteiger charge is -2.40. The van der Waals surface area contributed by atoms with Crippen LogP contribution in [0.3, 0.4) is 0 Å². The minimum Gasteiger partial charge on any atom is -0.390 e. The number of rotatable bonds is 7. The third-order valence-electron chi connectivity index (χ3n) is 6.45. The maximum absolute atomic E-state index is 10.8. The average Bonchev–Trinajstić information content (AvgIpc) is 3.18. The molecule has 0 bridgehead atoms. The Morgan fingerprint density at radius 1 is 0.824 bits per heavy atom. The smallest absolute Gasteiger partial charge is 0.202 e. The number of nitrogens with two attached hydrogens (primary N) is 2. The molecule has 9 heteroatoms. The van der Waals surface area contributed by atoms with Gasteiger partial charge in [-0.1, -0.05) is 60.7 Å². The second kappa shape index (κ2) is 9.76. The number of anilines is 2. The third-order valence-corrected chi connectivity index (χ3v) is 6.45. The van der Waals surface area contributed by atoms with Crippen molar-refractivity contribution < 1.29 is 5.11 Å². The minimum absolute atomic E-state index is 0.219. The van der Waals surface area contributed by atoms with Crippen molar-refractivity contribution in [2.75, 3.05) is 44.2 Å². The van der Waals surface area contributed by atoms with Gasteiger partial charge in [-0.05, 0) is 11.1 Å². The lowest BCUT2D eigenvalue weighted by molar-refractivity contribution is 0.0562. The summed E-state index contributed by atoms with van der Waals surface area (Å²) < 4.78 is 1.70. The first kappa shape index (κ1) is 22.3. The summed E-state index contributed by atoms with van der Waals surface area (Å²) in [5.41, 5.74) is 15.5. The van der Waals surface area contributed by atoms with E-state index in [4.69, 9.17) is 11.5 Å². The van der Waals surface area contributed by atoms with E-state index in [2.05, 4.69) is 85.4 Å². The highest BCUT2D eigenvalue weighted by molar-refractivity contribution is 5.83. The molecule has 1 unspecified atom stereocenters. The SMILES string of the molecule is Nc1ncnc2c1nc(N)n2CC(O)CN1CCN(C(c2ccccc2)c2ccccc2)CC1. The van der Waals surface area contributed by atoms with Crippen LogP contribution in [0.4, 0.5) is 11.8 Å². The number of hydrogen-bond acceptors (Lipinski definition) is 8. The first-order valence-electron chi connectivity index (χ1n) is 11.6. The predicted octanol–water partition coefficient (Wildman–Crippen LogP) is 1.76. The molecular formula is C25H30N8O. The fourth-order valence-electron chi connectivity index (χ4n) is 4.81. The van der Waals surface area contributed by atoms with Gasteiger partial charge in [-0.3, -0.25) is 14.4 Å². The lowest BCUT2D eigenvalue weighted by atomic mass is 9.96. The summed E-state index contributed by atoms with van der Waals surface area (Å²) in [6.07, 6.45) is 0.776. The van der Waals surface area contributed by atoms with Crippen molar-refractivity contribution in [1.82, 2.24) is 29.3 Å². The van der Waals surface area contributed by atoms with E-state index in [1.165, 1.54) is 17.5 Å². The van der Waals surface area contributed by atoms with Crippen molar-refractivity contribution in [3.63, 3.8) is 0 Å². The number of imidazole rings is 1. The minimum atomic E-state index is -0.610. The number of hydrogen-bond donors (Lipinski definition) is 3. The summed E-state index contributed by atoms with van der Waals surface area (Å²) >= 11 is 0. The molecule has 0 spiro atoms. The van der Waals surface area contributed by atoms with E-state index in [0.717, 1.165) is 26.2 Å². The van der Waals surface area contributed by atoms with Crippen molar-refractivity contribution in [2.45, 2.75) is 18.7 Å². The predicted molar refractivity (Wildman–Crippen MR) is 133 cm³/mol. The molecule has 2 aromatic carbocycles. The molecular weight excluding hydrogens is 428 g/mol. The van der Waals surface area contributed by atoms with E-state index in [1.807, 2.05) is 0 Å². The Balaban J connectivity index is 1.24. The van der Waals surface area contributed by atoms with E-state index < -0.39 is 6.10 Å². The Morgan fingerprint density at radius 3 is 2.06 bits per heavy atom. The molecule has 4 aromatic rings. The Labute approximate surface area is 198 Å². The van der Waals surface area contributed by atoms with Crippen LogP contribution in [0.5, 0.6) is 0 Å². The molecule has 2 aromatic heterocycles. The summed E-state index contributed by atoms with van der Waals surface area (Å²) in [5, 5.41) is 10.8.